The van der Waals surface area contributed by atoms with Gasteiger partial charge in [0.2, 0.25) is 5.91 Å². The summed E-state index contributed by atoms with van der Waals surface area (Å²) >= 11 is 0. The highest BCUT2D eigenvalue weighted by Gasteiger charge is 2.17. The lowest BCUT2D eigenvalue weighted by Gasteiger charge is -2.03. The van der Waals surface area contributed by atoms with E-state index in [4.69, 9.17) is 4.52 Å². The van der Waals surface area contributed by atoms with Crippen LogP contribution in [0.25, 0.3) is 11.4 Å². The first-order valence-corrected chi connectivity index (χ1v) is 6.35. The summed E-state index contributed by atoms with van der Waals surface area (Å²) in [4.78, 5) is 27.5. The summed E-state index contributed by atoms with van der Waals surface area (Å²) in [5.74, 6) is -0.577. The summed E-state index contributed by atoms with van der Waals surface area (Å²) in [6.45, 7) is 1.34. The molecule has 0 bridgehead atoms. The number of hydrogen-bond acceptors (Lipinski definition) is 7. The van der Waals surface area contributed by atoms with Crippen LogP contribution in [0, 0.1) is 6.92 Å². The maximum Gasteiger partial charge on any atom is 0.442 e. The number of carbonyl (C=O) groups is 1. The predicted molar refractivity (Wildman–Crippen MR) is 73.9 cm³/mol. The number of nitrogens with one attached hydrogen (secondary N) is 1. The second-order valence-corrected chi connectivity index (χ2v) is 4.42. The third kappa shape index (κ3) is 2.77. The molecule has 0 aliphatic heterocycles. The van der Waals surface area contributed by atoms with Gasteiger partial charge in [-0.2, -0.15) is 4.98 Å². The highest BCUT2D eigenvalue weighted by atomic mass is 16.5. The number of carbonyl (C=O) groups excluding carboxylic acids is 1. The van der Waals surface area contributed by atoms with Crippen molar-refractivity contribution in [3.63, 3.8) is 0 Å². The van der Waals surface area contributed by atoms with Crippen molar-refractivity contribution >= 4 is 11.9 Å². The average Bonchev–Trinajstić information content (AvgIpc) is 3.07. The fraction of sp³-hybridized carbons (Fsp3) is 0.154. The molecule has 0 saturated heterocycles. The van der Waals surface area contributed by atoms with E-state index in [1.165, 1.54) is 0 Å². The fourth-order valence-corrected chi connectivity index (χ4v) is 1.85. The van der Waals surface area contributed by atoms with E-state index in [9.17, 15) is 9.59 Å². The molecule has 1 amide bonds. The minimum atomic E-state index is -0.726. The summed E-state index contributed by atoms with van der Waals surface area (Å²) in [7, 11) is 0. The van der Waals surface area contributed by atoms with Crippen LogP contribution < -0.4 is 11.1 Å². The monoisotopic (exact) mass is 301 g/mol. The van der Waals surface area contributed by atoms with Gasteiger partial charge in [-0.25, -0.2) is 9.36 Å². The van der Waals surface area contributed by atoms with Crippen LogP contribution in [0.1, 0.15) is 5.82 Å². The van der Waals surface area contributed by atoms with Crippen molar-refractivity contribution in [2.45, 2.75) is 13.5 Å². The number of aryl methyl sites for hydroxylation is 1. The zero-order valence-electron chi connectivity index (χ0n) is 11.5. The normalized spacial score (nSPS) is 10.6. The Morgan fingerprint density at radius 3 is 2.68 bits per heavy atom. The Balaban J connectivity index is 1.82. The van der Waals surface area contributed by atoms with Crippen molar-refractivity contribution in [2.24, 2.45) is 0 Å². The molecular weight excluding hydrogens is 290 g/mol. The second kappa shape index (κ2) is 5.64. The summed E-state index contributed by atoms with van der Waals surface area (Å²) in [5, 5.41) is 9.64. The first kappa shape index (κ1) is 13.7. The number of benzene rings is 1. The van der Waals surface area contributed by atoms with Crippen molar-refractivity contribution < 1.29 is 13.8 Å². The summed E-state index contributed by atoms with van der Waals surface area (Å²) < 4.78 is 10.5. The lowest BCUT2D eigenvalue weighted by Crippen LogP contribution is -2.25. The van der Waals surface area contributed by atoms with Gasteiger partial charge >= 0.3 is 11.8 Å². The number of rotatable bonds is 4. The molecule has 0 atom stereocenters. The lowest BCUT2D eigenvalue weighted by atomic mass is 10.2. The smallest absolute Gasteiger partial charge is 0.315 e. The molecule has 0 fully saturated rings. The van der Waals surface area contributed by atoms with Gasteiger partial charge in [0.25, 0.3) is 0 Å². The van der Waals surface area contributed by atoms with Crippen molar-refractivity contribution in [3.05, 3.63) is 46.7 Å². The van der Waals surface area contributed by atoms with Crippen LogP contribution in [-0.4, -0.2) is 25.8 Å². The van der Waals surface area contributed by atoms with Crippen molar-refractivity contribution in [3.8, 4) is 11.4 Å². The topological polar surface area (TPSA) is 116 Å². The molecule has 0 radical (unpaired) electrons. The molecule has 9 nitrogen and oxygen atoms in total. The van der Waals surface area contributed by atoms with Gasteiger partial charge in [0.1, 0.15) is 6.54 Å². The standard InChI is InChI=1S/C13H11N5O4/c1-8-14-12(21-16-8)15-10(19)7-18-11(17-22-13(18)20)9-5-3-2-4-6-9/h2-6H,7H2,1H3,(H,14,15,16,19). The van der Waals surface area contributed by atoms with Gasteiger partial charge in [-0.05, 0) is 6.92 Å². The van der Waals surface area contributed by atoms with Gasteiger partial charge < -0.3 is 4.52 Å². The minimum Gasteiger partial charge on any atom is -0.315 e. The molecule has 112 valence electrons. The molecule has 0 spiro atoms. The quantitative estimate of drug-likeness (QED) is 0.758. The van der Waals surface area contributed by atoms with Crippen LogP contribution in [0.15, 0.2) is 44.2 Å². The van der Waals surface area contributed by atoms with E-state index in [0.717, 1.165) is 4.57 Å². The Kier molecular flexibility index (Phi) is 3.52. The molecular formula is C13H11N5O4. The van der Waals surface area contributed by atoms with Crippen LogP contribution in [-0.2, 0) is 11.3 Å². The summed E-state index contributed by atoms with van der Waals surface area (Å²) in [6, 6.07) is 8.89. The van der Waals surface area contributed by atoms with Gasteiger partial charge in [-0.3, -0.25) is 14.6 Å². The predicted octanol–water partition coefficient (Wildman–Crippen LogP) is 0.833. The van der Waals surface area contributed by atoms with Crippen molar-refractivity contribution in [1.82, 2.24) is 19.9 Å². The van der Waals surface area contributed by atoms with Crippen LogP contribution in [0.3, 0.4) is 0 Å². The van der Waals surface area contributed by atoms with Crippen LogP contribution in [0.5, 0.6) is 0 Å². The Bertz CT molecular complexity index is 849. The first-order chi connectivity index (χ1) is 10.6. The molecule has 0 unspecified atom stereocenters. The van der Waals surface area contributed by atoms with Crippen LogP contribution in [0.4, 0.5) is 6.01 Å². The lowest BCUT2D eigenvalue weighted by molar-refractivity contribution is -0.116. The molecule has 0 aliphatic carbocycles. The van der Waals surface area contributed by atoms with E-state index >= 15 is 0 Å². The summed E-state index contributed by atoms with van der Waals surface area (Å²) in [5.41, 5.74) is 0.662. The Morgan fingerprint density at radius 2 is 2.00 bits per heavy atom. The first-order valence-electron chi connectivity index (χ1n) is 6.35. The van der Waals surface area contributed by atoms with Crippen molar-refractivity contribution in [1.29, 1.82) is 0 Å². The third-order valence-electron chi connectivity index (χ3n) is 2.79. The van der Waals surface area contributed by atoms with E-state index in [0.29, 0.717) is 11.4 Å². The van der Waals surface area contributed by atoms with Gasteiger partial charge in [0.05, 0.1) is 0 Å². The molecule has 3 aromatic rings. The molecule has 1 N–H and O–H groups in total. The van der Waals surface area contributed by atoms with Crippen LogP contribution >= 0.6 is 0 Å². The van der Waals surface area contributed by atoms with E-state index < -0.39 is 11.7 Å². The van der Waals surface area contributed by atoms with Crippen molar-refractivity contribution in [2.75, 3.05) is 5.32 Å². The highest BCUT2D eigenvalue weighted by Crippen LogP contribution is 2.14. The summed E-state index contributed by atoms with van der Waals surface area (Å²) in [6.07, 6.45) is 0. The number of amides is 1. The maximum atomic E-state index is 12.0. The van der Waals surface area contributed by atoms with Gasteiger partial charge in [0.15, 0.2) is 11.6 Å². The largest absolute Gasteiger partial charge is 0.442 e. The van der Waals surface area contributed by atoms with E-state index in [1.807, 2.05) is 6.07 Å². The van der Waals surface area contributed by atoms with Gasteiger partial charge in [-0.1, -0.05) is 40.6 Å². The van der Waals surface area contributed by atoms with E-state index in [-0.39, 0.29) is 18.4 Å². The molecule has 0 saturated carbocycles. The maximum absolute atomic E-state index is 12.0. The minimum absolute atomic E-state index is 0.0340. The fourth-order valence-electron chi connectivity index (χ4n) is 1.85. The van der Waals surface area contributed by atoms with E-state index in [2.05, 4.69) is 25.1 Å². The van der Waals surface area contributed by atoms with Gasteiger partial charge in [-0.15, -0.1) is 0 Å². The Labute approximate surface area is 123 Å². The molecule has 2 aromatic heterocycles. The number of hydrogen-bond donors (Lipinski definition) is 1. The number of anilines is 1. The number of nitrogens with zero attached hydrogens (tertiary/aromatic N) is 4. The SMILES string of the molecule is Cc1noc(NC(=O)Cn2c(-c3ccccc3)noc2=O)n1. The molecule has 3 rings (SSSR count). The molecule has 0 aliphatic rings. The molecule has 9 heteroatoms. The van der Waals surface area contributed by atoms with Crippen LogP contribution in [0.2, 0.25) is 0 Å². The third-order valence-corrected chi connectivity index (χ3v) is 2.79. The Morgan fingerprint density at radius 1 is 1.23 bits per heavy atom. The molecule has 1 aromatic carbocycles. The highest BCUT2D eigenvalue weighted by molar-refractivity contribution is 5.88. The van der Waals surface area contributed by atoms with Gasteiger partial charge in [0, 0.05) is 5.56 Å². The zero-order chi connectivity index (χ0) is 15.5. The van der Waals surface area contributed by atoms with E-state index in [1.54, 1.807) is 31.2 Å². The average molecular weight is 301 g/mol. The molecule has 2 heterocycles. The molecule has 22 heavy (non-hydrogen) atoms. The number of aromatic nitrogens is 4. The Hall–Kier alpha value is -3.23. The second-order valence-electron chi connectivity index (χ2n) is 4.42. The zero-order valence-corrected chi connectivity index (χ0v) is 11.5.